The molecule has 1 fully saturated rings. The van der Waals surface area contributed by atoms with Gasteiger partial charge in [0.2, 0.25) is 0 Å². The lowest BCUT2D eigenvalue weighted by Crippen LogP contribution is -2.32. The first-order valence-corrected chi connectivity index (χ1v) is 6.49. The third-order valence-corrected chi connectivity index (χ3v) is 3.45. The van der Waals surface area contributed by atoms with Crippen LogP contribution in [0.2, 0.25) is 0 Å². The standard InChI is InChI=1S/C14H24O2/c1-11-8-12(10-14(2,3)9-11)16-13-6-4-5-7-15-13/h8,12-13H,4-7,9-10H2,1-3H3. The number of rotatable bonds is 2. The van der Waals surface area contributed by atoms with Gasteiger partial charge in [0.1, 0.15) is 0 Å². The van der Waals surface area contributed by atoms with E-state index < -0.39 is 0 Å². The van der Waals surface area contributed by atoms with Crippen LogP contribution in [0.3, 0.4) is 0 Å². The predicted octanol–water partition coefficient (Wildman–Crippen LogP) is 3.66. The van der Waals surface area contributed by atoms with Crippen molar-refractivity contribution in [3.05, 3.63) is 11.6 Å². The minimum absolute atomic E-state index is 0.0386. The van der Waals surface area contributed by atoms with E-state index in [1.807, 2.05) is 0 Å². The molecule has 0 aromatic heterocycles. The van der Waals surface area contributed by atoms with Gasteiger partial charge in [-0.05, 0) is 44.4 Å². The molecule has 2 unspecified atom stereocenters. The molecule has 2 heteroatoms. The first-order chi connectivity index (χ1) is 7.55. The minimum Gasteiger partial charge on any atom is -0.353 e. The van der Waals surface area contributed by atoms with Gasteiger partial charge in [0.15, 0.2) is 6.29 Å². The van der Waals surface area contributed by atoms with Gasteiger partial charge in [0.25, 0.3) is 0 Å². The fourth-order valence-electron chi connectivity index (χ4n) is 2.91. The topological polar surface area (TPSA) is 18.5 Å². The van der Waals surface area contributed by atoms with Crippen LogP contribution in [0.15, 0.2) is 11.6 Å². The first kappa shape index (κ1) is 12.1. The highest BCUT2D eigenvalue weighted by Crippen LogP contribution is 2.37. The summed E-state index contributed by atoms with van der Waals surface area (Å²) in [6.07, 6.45) is 8.37. The summed E-state index contributed by atoms with van der Waals surface area (Å²) in [5.74, 6) is 0. The lowest BCUT2D eigenvalue weighted by atomic mass is 9.76. The van der Waals surface area contributed by atoms with Crippen LogP contribution in [-0.2, 0) is 9.47 Å². The molecular formula is C14H24O2. The maximum absolute atomic E-state index is 6.04. The molecule has 1 aliphatic carbocycles. The van der Waals surface area contributed by atoms with Crippen LogP contribution in [0.5, 0.6) is 0 Å². The summed E-state index contributed by atoms with van der Waals surface area (Å²) in [7, 11) is 0. The van der Waals surface area contributed by atoms with Crippen molar-refractivity contribution >= 4 is 0 Å². The number of allylic oxidation sites excluding steroid dienone is 1. The molecule has 0 aromatic carbocycles. The Balaban J connectivity index is 1.91. The molecule has 0 spiro atoms. The molecule has 0 bridgehead atoms. The summed E-state index contributed by atoms with van der Waals surface area (Å²) >= 11 is 0. The first-order valence-electron chi connectivity index (χ1n) is 6.49. The monoisotopic (exact) mass is 224 g/mol. The zero-order valence-corrected chi connectivity index (χ0v) is 10.8. The lowest BCUT2D eigenvalue weighted by molar-refractivity contribution is -0.184. The van der Waals surface area contributed by atoms with Gasteiger partial charge in [0, 0.05) is 6.61 Å². The van der Waals surface area contributed by atoms with Crippen molar-refractivity contribution < 1.29 is 9.47 Å². The Morgan fingerprint density at radius 1 is 1.38 bits per heavy atom. The van der Waals surface area contributed by atoms with Crippen LogP contribution >= 0.6 is 0 Å². The molecule has 0 saturated carbocycles. The highest BCUT2D eigenvalue weighted by Gasteiger charge is 2.29. The third kappa shape index (κ3) is 3.33. The normalized spacial score (nSPS) is 34.6. The largest absolute Gasteiger partial charge is 0.353 e. The minimum atomic E-state index is 0.0386. The molecule has 0 aromatic rings. The van der Waals surface area contributed by atoms with Crippen molar-refractivity contribution in [3.63, 3.8) is 0 Å². The van der Waals surface area contributed by atoms with E-state index >= 15 is 0 Å². The SMILES string of the molecule is CC1=CC(OC2CCCCO2)CC(C)(C)C1. The van der Waals surface area contributed by atoms with Crippen LogP contribution in [0.25, 0.3) is 0 Å². The van der Waals surface area contributed by atoms with Crippen LogP contribution in [0.4, 0.5) is 0 Å². The Hall–Kier alpha value is -0.340. The molecule has 16 heavy (non-hydrogen) atoms. The summed E-state index contributed by atoms with van der Waals surface area (Å²) in [5.41, 5.74) is 1.83. The Morgan fingerprint density at radius 2 is 2.19 bits per heavy atom. The van der Waals surface area contributed by atoms with Crippen molar-refractivity contribution in [1.82, 2.24) is 0 Å². The molecule has 1 heterocycles. The molecule has 2 atom stereocenters. The van der Waals surface area contributed by atoms with Gasteiger partial charge in [0.05, 0.1) is 6.10 Å². The van der Waals surface area contributed by atoms with E-state index in [2.05, 4.69) is 26.8 Å². The second-order valence-electron chi connectivity index (χ2n) is 6.03. The smallest absolute Gasteiger partial charge is 0.158 e. The summed E-state index contributed by atoms with van der Waals surface area (Å²) in [6.45, 7) is 7.71. The van der Waals surface area contributed by atoms with Gasteiger partial charge in [-0.1, -0.05) is 25.5 Å². The average molecular weight is 224 g/mol. The summed E-state index contributed by atoms with van der Waals surface area (Å²) in [4.78, 5) is 0. The Morgan fingerprint density at radius 3 is 2.81 bits per heavy atom. The Kier molecular flexibility index (Phi) is 3.70. The molecule has 2 nitrogen and oxygen atoms in total. The van der Waals surface area contributed by atoms with E-state index in [-0.39, 0.29) is 12.4 Å². The van der Waals surface area contributed by atoms with Crippen molar-refractivity contribution in [3.8, 4) is 0 Å². The van der Waals surface area contributed by atoms with Crippen LogP contribution in [-0.4, -0.2) is 19.0 Å². The van der Waals surface area contributed by atoms with E-state index in [9.17, 15) is 0 Å². The second-order valence-corrected chi connectivity index (χ2v) is 6.03. The van der Waals surface area contributed by atoms with E-state index in [0.717, 1.165) is 19.4 Å². The summed E-state index contributed by atoms with van der Waals surface area (Å²) < 4.78 is 11.7. The molecule has 0 N–H and O–H groups in total. The van der Waals surface area contributed by atoms with Crippen molar-refractivity contribution in [1.29, 1.82) is 0 Å². The molecule has 2 rings (SSSR count). The molecule has 1 saturated heterocycles. The Labute approximate surface area is 99.0 Å². The highest BCUT2D eigenvalue weighted by molar-refractivity contribution is 5.10. The van der Waals surface area contributed by atoms with Crippen LogP contribution in [0, 0.1) is 5.41 Å². The van der Waals surface area contributed by atoms with Crippen LogP contribution in [0.1, 0.15) is 52.9 Å². The molecule has 0 radical (unpaired) electrons. The molecule has 0 amide bonds. The molecular weight excluding hydrogens is 200 g/mol. The fraction of sp³-hybridized carbons (Fsp3) is 0.857. The Bertz CT molecular complexity index is 262. The van der Waals surface area contributed by atoms with Crippen molar-refractivity contribution in [2.45, 2.75) is 65.3 Å². The summed E-state index contributed by atoms with van der Waals surface area (Å²) in [6, 6.07) is 0. The maximum atomic E-state index is 6.04. The zero-order valence-electron chi connectivity index (χ0n) is 10.8. The average Bonchev–Trinajstić information content (AvgIpc) is 2.15. The van der Waals surface area contributed by atoms with Gasteiger partial charge in [-0.25, -0.2) is 0 Å². The zero-order chi connectivity index (χ0) is 11.6. The number of hydrogen-bond donors (Lipinski definition) is 0. The maximum Gasteiger partial charge on any atom is 0.158 e. The summed E-state index contributed by atoms with van der Waals surface area (Å²) in [5, 5.41) is 0. The lowest BCUT2D eigenvalue weighted by Gasteiger charge is -2.36. The predicted molar refractivity (Wildman–Crippen MR) is 65.2 cm³/mol. The van der Waals surface area contributed by atoms with Crippen LogP contribution < -0.4 is 0 Å². The van der Waals surface area contributed by atoms with Gasteiger partial charge in [-0.15, -0.1) is 0 Å². The highest BCUT2D eigenvalue weighted by atomic mass is 16.7. The number of ether oxygens (including phenoxy) is 2. The molecule has 1 aliphatic heterocycles. The second kappa shape index (κ2) is 4.89. The van der Waals surface area contributed by atoms with Gasteiger partial charge in [-0.2, -0.15) is 0 Å². The molecule has 2 aliphatic rings. The van der Waals surface area contributed by atoms with Gasteiger partial charge >= 0.3 is 0 Å². The van der Waals surface area contributed by atoms with Crippen molar-refractivity contribution in [2.24, 2.45) is 5.41 Å². The van der Waals surface area contributed by atoms with E-state index in [1.165, 1.54) is 24.8 Å². The van der Waals surface area contributed by atoms with E-state index in [4.69, 9.17) is 9.47 Å². The number of hydrogen-bond acceptors (Lipinski definition) is 2. The quantitative estimate of drug-likeness (QED) is 0.666. The molecule has 92 valence electrons. The third-order valence-electron chi connectivity index (χ3n) is 3.45. The van der Waals surface area contributed by atoms with Crippen molar-refractivity contribution in [2.75, 3.05) is 6.61 Å². The van der Waals surface area contributed by atoms with E-state index in [0.29, 0.717) is 5.41 Å². The van der Waals surface area contributed by atoms with Gasteiger partial charge < -0.3 is 9.47 Å². The fourth-order valence-corrected chi connectivity index (χ4v) is 2.91. The van der Waals surface area contributed by atoms with E-state index in [1.54, 1.807) is 0 Å². The van der Waals surface area contributed by atoms with Gasteiger partial charge in [-0.3, -0.25) is 0 Å².